The Morgan fingerprint density at radius 3 is 1.24 bits per heavy atom. The van der Waals surface area contributed by atoms with Crippen LogP contribution in [0.3, 0.4) is 0 Å². The molecule has 8 heteroatoms. The molecule has 0 rings (SSSR count). The summed E-state index contributed by atoms with van der Waals surface area (Å²) in [5.41, 5.74) is 8.26. The number of hydrogen-bond donors (Lipinski definition) is 0. The first-order valence-electron chi connectivity index (χ1n) is 21.2. The molecule has 0 amide bonds. The topological polar surface area (TPSA) is 105 Å². The first-order chi connectivity index (χ1) is 24.9. The van der Waals surface area contributed by atoms with Crippen molar-refractivity contribution in [1.29, 1.82) is 0 Å². The molecule has 0 aliphatic carbocycles. The van der Waals surface area contributed by atoms with E-state index in [4.69, 9.17) is 15.0 Å². The molecule has 0 saturated carbocycles. The third kappa shape index (κ3) is 34.5. The van der Waals surface area contributed by atoms with E-state index < -0.39 is 5.41 Å². The SMILES string of the molecule is CCCCCCCC/C=C\CCCCCCCC(=O)OCC(CN=[N+]=[N-])(COC(=O)CCCCCCC/C=C\CCCCCCCC)CN(C)C. The van der Waals surface area contributed by atoms with Crippen molar-refractivity contribution in [1.82, 2.24) is 4.90 Å². The molecule has 296 valence electrons. The molecule has 0 atom stereocenters. The van der Waals surface area contributed by atoms with Gasteiger partial charge in [0.2, 0.25) is 0 Å². The molecule has 0 N–H and O–H groups in total. The Bertz CT molecular complexity index is 858. The van der Waals surface area contributed by atoms with Gasteiger partial charge in [-0.05, 0) is 83.8 Å². The summed E-state index contributed by atoms with van der Waals surface area (Å²) >= 11 is 0. The lowest BCUT2D eigenvalue weighted by atomic mass is 9.89. The van der Waals surface area contributed by atoms with Gasteiger partial charge in [-0.25, -0.2) is 0 Å². The number of ether oxygens (including phenoxy) is 2. The minimum atomic E-state index is -0.786. The zero-order chi connectivity index (χ0) is 37.5. The fourth-order valence-corrected chi connectivity index (χ4v) is 6.42. The number of allylic oxidation sites excluding steroid dienone is 4. The number of nitrogens with zero attached hydrogens (tertiary/aromatic N) is 4. The molecule has 0 aliphatic rings. The van der Waals surface area contributed by atoms with Crippen LogP contribution in [0.15, 0.2) is 29.4 Å². The van der Waals surface area contributed by atoms with Gasteiger partial charge in [-0.2, -0.15) is 0 Å². The highest BCUT2D eigenvalue weighted by Crippen LogP contribution is 2.23. The Morgan fingerprint density at radius 1 is 0.569 bits per heavy atom. The lowest BCUT2D eigenvalue weighted by Gasteiger charge is -2.33. The van der Waals surface area contributed by atoms with Crippen LogP contribution in [0.25, 0.3) is 10.4 Å². The van der Waals surface area contributed by atoms with Gasteiger partial charge in [0.25, 0.3) is 0 Å². The van der Waals surface area contributed by atoms with Gasteiger partial charge >= 0.3 is 11.9 Å². The molecule has 0 fully saturated rings. The van der Waals surface area contributed by atoms with Gasteiger partial charge in [0.15, 0.2) is 0 Å². The maximum absolute atomic E-state index is 12.6. The highest BCUT2D eigenvalue weighted by Gasteiger charge is 2.34. The number of carbonyl (C=O) groups excluding carboxylic acids is 2. The summed E-state index contributed by atoms with van der Waals surface area (Å²) in [7, 11) is 3.82. The standard InChI is InChI=1S/C43H80N4O4/c1-5-7-9-11-13-15-17-19-21-23-25-27-29-31-33-35-41(48)50-39-43(37-45-46-44,38-47(3)4)40-51-42(49)36-34-32-30-28-26-24-22-20-18-16-14-12-10-8-6-2/h19-22H,5-18,23-40H2,1-4H3/b21-19-,22-20-. The van der Waals surface area contributed by atoms with E-state index in [-0.39, 0.29) is 31.7 Å². The fourth-order valence-electron chi connectivity index (χ4n) is 6.42. The normalized spacial score (nSPS) is 11.9. The summed E-state index contributed by atoms with van der Waals surface area (Å²) in [6, 6.07) is 0. The van der Waals surface area contributed by atoms with Crippen molar-refractivity contribution in [3.05, 3.63) is 34.7 Å². The van der Waals surface area contributed by atoms with Gasteiger partial charge in [-0.15, -0.1) is 0 Å². The molecule has 0 unspecified atom stereocenters. The van der Waals surface area contributed by atoms with E-state index in [9.17, 15) is 9.59 Å². The van der Waals surface area contributed by atoms with Crippen LogP contribution in [-0.2, 0) is 19.1 Å². The van der Waals surface area contributed by atoms with Crippen molar-refractivity contribution < 1.29 is 19.1 Å². The third-order valence-electron chi connectivity index (χ3n) is 9.49. The Balaban J connectivity index is 4.24. The average molecular weight is 717 g/mol. The second-order valence-electron chi connectivity index (χ2n) is 15.1. The van der Waals surface area contributed by atoms with Crippen molar-refractivity contribution in [3.8, 4) is 0 Å². The Morgan fingerprint density at radius 2 is 0.902 bits per heavy atom. The van der Waals surface area contributed by atoms with Gasteiger partial charge in [0.1, 0.15) is 13.2 Å². The maximum atomic E-state index is 12.6. The van der Waals surface area contributed by atoms with Crippen LogP contribution in [0.5, 0.6) is 0 Å². The zero-order valence-electron chi connectivity index (χ0n) is 33.9. The van der Waals surface area contributed by atoms with E-state index in [0.29, 0.717) is 19.4 Å². The largest absolute Gasteiger partial charge is 0.465 e. The molecule has 0 spiro atoms. The summed E-state index contributed by atoms with van der Waals surface area (Å²) in [5, 5.41) is 3.81. The van der Waals surface area contributed by atoms with Gasteiger partial charge < -0.3 is 14.4 Å². The minimum Gasteiger partial charge on any atom is -0.465 e. The maximum Gasteiger partial charge on any atom is 0.305 e. The number of unbranched alkanes of at least 4 members (excludes halogenated alkanes) is 22. The lowest BCUT2D eigenvalue weighted by Crippen LogP contribution is -2.45. The van der Waals surface area contributed by atoms with E-state index in [1.807, 2.05) is 19.0 Å². The van der Waals surface area contributed by atoms with Crippen molar-refractivity contribution in [3.63, 3.8) is 0 Å². The van der Waals surface area contributed by atoms with E-state index in [2.05, 4.69) is 48.2 Å². The van der Waals surface area contributed by atoms with Crippen LogP contribution in [0.1, 0.15) is 194 Å². The molecular formula is C43H80N4O4. The van der Waals surface area contributed by atoms with Crippen LogP contribution in [0, 0.1) is 5.41 Å². The molecule has 0 saturated heterocycles. The van der Waals surface area contributed by atoms with Crippen LogP contribution < -0.4 is 0 Å². The molecule has 0 heterocycles. The molecule has 0 aromatic rings. The molecule has 0 radical (unpaired) electrons. The number of azide groups is 1. The van der Waals surface area contributed by atoms with Crippen molar-refractivity contribution >= 4 is 11.9 Å². The first-order valence-corrected chi connectivity index (χ1v) is 21.2. The summed E-state index contributed by atoms with van der Waals surface area (Å²) < 4.78 is 11.4. The van der Waals surface area contributed by atoms with E-state index >= 15 is 0 Å². The first kappa shape index (κ1) is 48.7. The second kappa shape index (κ2) is 37.4. The smallest absolute Gasteiger partial charge is 0.305 e. The average Bonchev–Trinajstić information content (AvgIpc) is 3.12. The molecule has 0 aliphatic heterocycles. The molecule has 51 heavy (non-hydrogen) atoms. The molecule has 0 aromatic carbocycles. The van der Waals surface area contributed by atoms with Gasteiger partial charge in [-0.3, -0.25) is 9.59 Å². The quantitative estimate of drug-likeness (QED) is 0.0158. The van der Waals surface area contributed by atoms with Crippen molar-refractivity contribution in [2.75, 3.05) is 40.4 Å². The zero-order valence-corrected chi connectivity index (χ0v) is 33.9. The number of hydrogen-bond acceptors (Lipinski definition) is 6. The van der Waals surface area contributed by atoms with Gasteiger partial charge in [0, 0.05) is 30.8 Å². The highest BCUT2D eigenvalue weighted by atomic mass is 16.5. The lowest BCUT2D eigenvalue weighted by molar-refractivity contribution is -0.154. The monoisotopic (exact) mass is 717 g/mol. The summed E-state index contributed by atoms with van der Waals surface area (Å²) in [4.78, 5) is 30.1. The Labute approximate surface area is 314 Å². The molecular weight excluding hydrogens is 636 g/mol. The van der Waals surface area contributed by atoms with E-state index in [0.717, 1.165) is 51.4 Å². The highest BCUT2D eigenvalue weighted by molar-refractivity contribution is 5.69. The fraction of sp³-hybridized carbons (Fsp3) is 0.860. The summed E-state index contributed by atoms with van der Waals surface area (Å²) in [6.07, 6.45) is 41.5. The Hall–Kier alpha value is -2.31. The van der Waals surface area contributed by atoms with Crippen LogP contribution >= 0.6 is 0 Å². The number of rotatable bonds is 38. The second-order valence-corrected chi connectivity index (χ2v) is 15.1. The minimum absolute atomic E-state index is 0.0504. The molecule has 0 aromatic heterocycles. The van der Waals surface area contributed by atoms with Crippen LogP contribution in [-0.4, -0.2) is 57.2 Å². The predicted octanol–water partition coefficient (Wildman–Crippen LogP) is 13.0. The van der Waals surface area contributed by atoms with E-state index in [1.54, 1.807) is 0 Å². The number of carbonyl (C=O) groups is 2. The summed E-state index contributed by atoms with van der Waals surface area (Å²) in [5.74, 6) is -0.507. The van der Waals surface area contributed by atoms with Crippen LogP contribution in [0.2, 0.25) is 0 Å². The van der Waals surface area contributed by atoms with Crippen molar-refractivity contribution in [2.45, 2.75) is 194 Å². The molecule has 8 nitrogen and oxygen atoms in total. The predicted molar refractivity (Wildman–Crippen MR) is 216 cm³/mol. The van der Waals surface area contributed by atoms with E-state index in [1.165, 1.54) is 116 Å². The van der Waals surface area contributed by atoms with Crippen LogP contribution in [0.4, 0.5) is 0 Å². The van der Waals surface area contributed by atoms with Gasteiger partial charge in [-0.1, -0.05) is 146 Å². The van der Waals surface area contributed by atoms with Crippen molar-refractivity contribution in [2.24, 2.45) is 10.5 Å². The molecule has 0 bridgehead atoms. The summed E-state index contributed by atoms with van der Waals surface area (Å²) in [6.45, 7) is 5.17. The number of esters is 2. The third-order valence-corrected chi connectivity index (χ3v) is 9.49. The van der Waals surface area contributed by atoms with Gasteiger partial charge in [0.05, 0.1) is 5.41 Å². The Kier molecular flexibility index (Phi) is 35.8.